The number of carbonyl (C=O) groups is 1. The summed E-state index contributed by atoms with van der Waals surface area (Å²) in [5, 5.41) is 13.3. The number of hydrogen-bond acceptors (Lipinski definition) is 6. The maximum absolute atomic E-state index is 11.4. The van der Waals surface area contributed by atoms with E-state index in [9.17, 15) is 14.9 Å². The fraction of sp³-hybridized carbons (Fsp3) is 0.467. The van der Waals surface area contributed by atoms with E-state index in [0.717, 1.165) is 6.20 Å². The highest BCUT2D eigenvalue weighted by Gasteiger charge is 2.15. The average Bonchev–Trinajstić information content (AvgIpc) is 2.44. The maximum Gasteiger partial charge on any atom is 0.407 e. The fourth-order valence-corrected chi connectivity index (χ4v) is 1.49. The van der Waals surface area contributed by atoms with Gasteiger partial charge in [-0.1, -0.05) is 11.8 Å². The van der Waals surface area contributed by atoms with Crippen LogP contribution in [-0.2, 0) is 4.74 Å². The summed E-state index contributed by atoms with van der Waals surface area (Å²) in [6.45, 7) is 5.61. The zero-order chi connectivity index (χ0) is 17.5. The van der Waals surface area contributed by atoms with Gasteiger partial charge >= 0.3 is 6.09 Å². The van der Waals surface area contributed by atoms with E-state index < -0.39 is 16.6 Å². The Hall–Kier alpha value is -2.82. The Morgan fingerprint density at radius 2 is 2.17 bits per heavy atom. The molecule has 0 spiro atoms. The molecule has 1 amide bonds. The quantitative estimate of drug-likeness (QED) is 0.395. The second-order valence-corrected chi connectivity index (χ2v) is 5.49. The van der Waals surface area contributed by atoms with Gasteiger partial charge in [0.1, 0.15) is 11.8 Å². The van der Waals surface area contributed by atoms with Crippen molar-refractivity contribution in [2.24, 2.45) is 0 Å². The number of pyridine rings is 1. The van der Waals surface area contributed by atoms with Gasteiger partial charge in [0.2, 0.25) is 5.88 Å². The molecular weight excluding hydrogens is 302 g/mol. The highest BCUT2D eigenvalue weighted by molar-refractivity contribution is 5.67. The standard InChI is InChI=1S/C15H19N3O5/c1-15(2,3)23-14(19)16-8-6-5-7-11-9-12(18(20)21)10-17-13(11)22-4/h9-10H,6,8H2,1-4H3,(H,16,19). The van der Waals surface area contributed by atoms with Crippen molar-refractivity contribution in [2.75, 3.05) is 13.7 Å². The van der Waals surface area contributed by atoms with E-state index >= 15 is 0 Å². The molecule has 0 fully saturated rings. The third kappa shape index (κ3) is 6.65. The van der Waals surface area contributed by atoms with Gasteiger partial charge in [-0.05, 0) is 20.8 Å². The first-order valence-electron chi connectivity index (χ1n) is 6.87. The van der Waals surface area contributed by atoms with Gasteiger partial charge in [-0.3, -0.25) is 10.1 Å². The first kappa shape index (κ1) is 18.2. The van der Waals surface area contributed by atoms with E-state index in [1.54, 1.807) is 20.8 Å². The van der Waals surface area contributed by atoms with Crippen molar-refractivity contribution < 1.29 is 19.2 Å². The summed E-state index contributed by atoms with van der Waals surface area (Å²) in [4.78, 5) is 25.4. The third-order valence-corrected chi connectivity index (χ3v) is 2.38. The van der Waals surface area contributed by atoms with Crippen molar-refractivity contribution in [3.05, 3.63) is 27.9 Å². The van der Waals surface area contributed by atoms with E-state index in [2.05, 4.69) is 22.1 Å². The lowest BCUT2D eigenvalue weighted by atomic mass is 10.2. The molecule has 1 N–H and O–H groups in total. The summed E-state index contributed by atoms with van der Waals surface area (Å²) in [6, 6.07) is 1.29. The molecule has 0 aromatic carbocycles. The molecule has 0 aliphatic carbocycles. The molecule has 0 radical (unpaired) electrons. The van der Waals surface area contributed by atoms with E-state index in [0.29, 0.717) is 18.5 Å². The molecule has 8 nitrogen and oxygen atoms in total. The lowest BCUT2D eigenvalue weighted by Crippen LogP contribution is -2.32. The van der Waals surface area contributed by atoms with Gasteiger partial charge in [-0.15, -0.1) is 0 Å². The number of alkyl carbamates (subject to hydrolysis) is 1. The normalized spacial score (nSPS) is 10.3. The van der Waals surface area contributed by atoms with Crippen molar-refractivity contribution >= 4 is 11.8 Å². The van der Waals surface area contributed by atoms with Crippen LogP contribution in [0.5, 0.6) is 5.88 Å². The molecule has 8 heteroatoms. The Labute approximate surface area is 134 Å². The second kappa shape index (κ2) is 7.98. The molecule has 1 heterocycles. The second-order valence-electron chi connectivity index (χ2n) is 5.49. The molecule has 1 aromatic heterocycles. The average molecular weight is 321 g/mol. The van der Waals surface area contributed by atoms with Gasteiger partial charge < -0.3 is 14.8 Å². The molecular formula is C15H19N3O5. The number of carbonyl (C=O) groups excluding carboxylic acids is 1. The van der Waals surface area contributed by atoms with Crippen LogP contribution >= 0.6 is 0 Å². The van der Waals surface area contributed by atoms with E-state index in [1.807, 2.05) is 0 Å². The van der Waals surface area contributed by atoms with Gasteiger partial charge in [-0.25, -0.2) is 9.78 Å². The predicted molar refractivity (Wildman–Crippen MR) is 83.2 cm³/mol. The van der Waals surface area contributed by atoms with Gasteiger partial charge in [0.25, 0.3) is 5.69 Å². The van der Waals surface area contributed by atoms with Crippen LogP contribution in [0.2, 0.25) is 0 Å². The first-order valence-corrected chi connectivity index (χ1v) is 6.87. The molecule has 23 heavy (non-hydrogen) atoms. The Morgan fingerprint density at radius 3 is 2.74 bits per heavy atom. The Morgan fingerprint density at radius 1 is 1.48 bits per heavy atom. The number of aromatic nitrogens is 1. The van der Waals surface area contributed by atoms with Crippen LogP contribution in [0.1, 0.15) is 32.8 Å². The van der Waals surface area contributed by atoms with Crippen LogP contribution in [0.3, 0.4) is 0 Å². The number of amides is 1. The molecule has 0 aliphatic heterocycles. The summed E-state index contributed by atoms with van der Waals surface area (Å²) < 4.78 is 10.1. The predicted octanol–water partition coefficient (Wildman–Crippen LogP) is 2.26. The molecule has 1 rings (SSSR count). The van der Waals surface area contributed by atoms with Crippen molar-refractivity contribution in [3.63, 3.8) is 0 Å². The topological polar surface area (TPSA) is 104 Å². The summed E-state index contributed by atoms with van der Waals surface area (Å²) in [5.41, 5.74) is -0.404. The van der Waals surface area contributed by atoms with Crippen LogP contribution < -0.4 is 10.1 Å². The number of hydrogen-bond donors (Lipinski definition) is 1. The van der Waals surface area contributed by atoms with Gasteiger partial charge in [0.05, 0.1) is 17.6 Å². The Bertz CT molecular complexity index is 641. The fourth-order valence-electron chi connectivity index (χ4n) is 1.49. The molecule has 0 unspecified atom stereocenters. The van der Waals surface area contributed by atoms with Crippen molar-refractivity contribution in [2.45, 2.75) is 32.8 Å². The van der Waals surface area contributed by atoms with Crippen molar-refractivity contribution in [1.82, 2.24) is 10.3 Å². The van der Waals surface area contributed by atoms with Crippen LogP contribution in [0.25, 0.3) is 0 Å². The highest BCUT2D eigenvalue weighted by atomic mass is 16.6. The van der Waals surface area contributed by atoms with Crippen LogP contribution in [0.4, 0.5) is 10.5 Å². The van der Waals surface area contributed by atoms with E-state index in [4.69, 9.17) is 9.47 Å². The molecule has 0 saturated carbocycles. The zero-order valence-corrected chi connectivity index (χ0v) is 13.5. The number of methoxy groups -OCH3 is 1. The molecule has 0 aliphatic rings. The number of nitrogens with zero attached hydrogens (tertiary/aromatic N) is 2. The Balaban J connectivity index is 2.61. The first-order chi connectivity index (χ1) is 10.7. The monoisotopic (exact) mass is 321 g/mol. The lowest BCUT2D eigenvalue weighted by Gasteiger charge is -2.19. The van der Waals surface area contributed by atoms with Gasteiger partial charge in [0.15, 0.2) is 0 Å². The summed E-state index contributed by atoms with van der Waals surface area (Å²) in [6.07, 6.45) is 0.938. The minimum Gasteiger partial charge on any atom is -0.480 e. The molecule has 0 atom stereocenters. The van der Waals surface area contributed by atoms with Gasteiger partial charge in [0, 0.05) is 19.0 Å². The largest absolute Gasteiger partial charge is 0.480 e. The molecule has 124 valence electrons. The molecule has 0 bridgehead atoms. The summed E-state index contributed by atoms with van der Waals surface area (Å²) in [5.74, 6) is 5.76. The number of nitro groups is 1. The van der Waals surface area contributed by atoms with E-state index in [-0.39, 0.29) is 11.6 Å². The summed E-state index contributed by atoms with van der Waals surface area (Å²) >= 11 is 0. The SMILES string of the molecule is COc1ncc([N+](=O)[O-])cc1C#CCCNC(=O)OC(C)(C)C. The van der Waals surface area contributed by atoms with Crippen LogP contribution in [-0.4, -0.2) is 35.3 Å². The highest BCUT2D eigenvalue weighted by Crippen LogP contribution is 2.19. The van der Waals surface area contributed by atoms with Crippen LogP contribution in [0.15, 0.2) is 12.3 Å². The number of rotatable bonds is 4. The maximum atomic E-state index is 11.4. The molecule has 0 saturated heterocycles. The smallest absolute Gasteiger partial charge is 0.407 e. The van der Waals surface area contributed by atoms with Crippen molar-refractivity contribution in [3.8, 4) is 17.7 Å². The minimum absolute atomic E-state index is 0.165. The minimum atomic E-state index is -0.558. The summed E-state index contributed by atoms with van der Waals surface area (Å²) in [7, 11) is 1.41. The third-order valence-electron chi connectivity index (χ3n) is 2.38. The lowest BCUT2D eigenvalue weighted by molar-refractivity contribution is -0.385. The number of nitrogens with one attached hydrogen (secondary N) is 1. The van der Waals surface area contributed by atoms with Crippen LogP contribution in [0, 0.1) is 22.0 Å². The Kier molecular flexibility index (Phi) is 6.33. The molecule has 1 aromatic rings. The van der Waals surface area contributed by atoms with Crippen molar-refractivity contribution in [1.29, 1.82) is 0 Å². The number of ether oxygens (including phenoxy) is 2. The van der Waals surface area contributed by atoms with Gasteiger partial charge in [-0.2, -0.15) is 0 Å². The zero-order valence-electron chi connectivity index (χ0n) is 13.5. The van der Waals surface area contributed by atoms with E-state index in [1.165, 1.54) is 13.2 Å².